The average Bonchev–Trinajstić information content (AvgIpc) is 2.65. The number of nitrogens with zero attached hydrogens (tertiary/aromatic N) is 1. The first-order valence-corrected chi connectivity index (χ1v) is 8.72. The van der Waals surface area contributed by atoms with E-state index >= 15 is 0 Å². The van der Waals surface area contributed by atoms with E-state index in [1.807, 2.05) is 0 Å². The summed E-state index contributed by atoms with van der Waals surface area (Å²) in [7, 11) is 1.53. The smallest absolute Gasteiger partial charge is 0.246 e. The van der Waals surface area contributed by atoms with Crippen LogP contribution in [-0.2, 0) is 9.59 Å². The van der Waals surface area contributed by atoms with Crippen LogP contribution in [0.3, 0.4) is 0 Å². The summed E-state index contributed by atoms with van der Waals surface area (Å²) in [5.74, 6) is -0.928. The maximum atomic E-state index is 12.9. The zero-order valence-electron chi connectivity index (χ0n) is 14.4. The highest BCUT2D eigenvalue weighted by atomic mass is 35.5. The van der Waals surface area contributed by atoms with Crippen LogP contribution in [0.2, 0.25) is 10.0 Å². The minimum absolute atomic E-state index is 0.161. The first-order valence-electron chi connectivity index (χ1n) is 7.97. The van der Waals surface area contributed by atoms with Gasteiger partial charge < -0.3 is 10.2 Å². The van der Waals surface area contributed by atoms with Crippen LogP contribution < -0.4 is 10.2 Å². The topological polar surface area (TPSA) is 66.5 Å². The lowest BCUT2D eigenvalue weighted by atomic mass is 10.0. The average molecular weight is 393 g/mol. The summed E-state index contributed by atoms with van der Waals surface area (Å²) < 4.78 is 0. The molecule has 2 amide bonds. The van der Waals surface area contributed by atoms with Crippen LogP contribution in [0.5, 0.6) is 0 Å². The Morgan fingerprint density at radius 2 is 1.73 bits per heavy atom. The minimum Gasteiger partial charge on any atom is -0.347 e. The molecule has 0 aliphatic carbocycles. The van der Waals surface area contributed by atoms with Crippen LogP contribution in [0, 0.1) is 0 Å². The van der Waals surface area contributed by atoms with Crippen molar-refractivity contribution >= 4 is 46.5 Å². The number of halogens is 2. The molecule has 1 N–H and O–H groups in total. The van der Waals surface area contributed by atoms with Crippen molar-refractivity contribution in [2.75, 3.05) is 18.5 Å². The van der Waals surface area contributed by atoms with Gasteiger partial charge in [-0.2, -0.15) is 0 Å². The van der Waals surface area contributed by atoms with Crippen LogP contribution in [0.15, 0.2) is 42.5 Å². The van der Waals surface area contributed by atoms with Gasteiger partial charge in [0.05, 0.1) is 17.3 Å². The van der Waals surface area contributed by atoms with Crippen LogP contribution in [-0.4, -0.2) is 31.2 Å². The molecule has 0 unspecified atom stereocenters. The molecule has 0 aliphatic rings. The van der Waals surface area contributed by atoms with E-state index in [0.29, 0.717) is 21.3 Å². The molecule has 0 aromatic heterocycles. The third kappa shape index (κ3) is 4.62. The molecular weight excluding hydrogens is 375 g/mol. The molecule has 0 radical (unpaired) electrons. The number of carbonyl (C=O) groups is 3. The van der Waals surface area contributed by atoms with Gasteiger partial charge in [-0.1, -0.05) is 42.3 Å². The van der Waals surface area contributed by atoms with E-state index in [1.165, 1.54) is 18.0 Å². The summed E-state index contributed by atoms with van der Waals surface area (Å²) >= 11 is 12.2. The Kier molecular flexibility index (Phi) is 6.77. The molecule has 0 heterocycles. The molecule has 0 saturated heterocycles. The highest BCUT2D eigenvalue weighted by Gasteiger charge is 2.21. The quantitative estimate of drug-likeness (QED) is 0.761. The van der Waals surface area contributed by atoms with Crippen molar-refractivity contribution in [2.24, 2.45) is 0 Å². The molecule has 0 saturated carbocycles. The predicted octanol–water partition coefficient (Wildman–Crippen LogP) is 3.71. The van der Waals surface area contributed by atoms with Gasteiger partial charge in [0.2, 0.25) is 11.8 Å². The maximum Gasteiger partial charge on any atom is 0.246 e. The summed E-state index contributed by atoms with van der Waals surface area (Å²) in [6.07, 6.45) is 0.286. The monoisotopic (exact) mass is 392 g/mol. The lowest BCUT2D eigenvalue weighted by molar-refractivity contribution is -0.124. The molecule has 2 aromatic carbocycles. The Balaban J connectivity index is 2.35. The summed E-state index contributed by atoms with van der Waals surface area (Å²) in [5, 5.41) is 3.20. The second-order valence-electron chi connectivity index (χ2n) is 5.55. The van der Waals surface area contributed by atoms with Crippen molar-refractivity contribution in [1.29, 1.82) is 0 Å². The largest absolute Gasteiger partial charge is 0.347 e. The number of amides is 2. The summed E-state index contributed by atoms with van der Waals surface area (Å²) in [6.45, 7) is 1.54. The van der Waals surface area contributed by atoms with Gasteiger partial charge in [-0.25, -0.2) is 0 Å². The zero-order chi connectivity index (χ0) is 19.3. The Labute approximate surface area is 161 Å². The first kappa shape index (κ1) is 19.9. The van der Waals surface area contributed by atoms with Crippen molar-refractivity contribution in [1.82, 2.24) is 5.32 Å². The van der Waals surface area contributed by atoms with E-state index in [-0.39, 0.29) is 36.1 Å². The van der Waals surface area contributed by atoms with Crippen molar-refractivity contribution in [3.05, 3.63) is 63.6 Å². The predicted molar refractivity (Wildman–Crippen MR) is 103 cm³/mol. The third-order valence-electron chi connectivity index (χ3n) is 3.82. The van der Waals surface area contributed by atoms with E-state index in [0.717, 1.165) is 0 Å². The SMILES string of the molecule is CCC(=O)NCC(=O)N(C)c1ccc(Cl)cc1C(=O)c1ccccc1Cl. The lowest BCUT2D eigenvalue weighted by Gasteiger charge is -2.21. The standard InChI is InChI=1S/C19H18Cl2N2O3/c1-3-17(24)22-11-18(25)23(2)16-9-8-12(20)10-14(16)19(26)13-6-4-5-7-15(13)21/h4-10H,3,11H2,1-2H3,(H,22,24). The molecule has 0 bridgehead atoms. The summed E-state index contributed by atoms with van der Waals surface area (Å²) in [6, 6.07) is 11.3. The van der Waals surface area contributed by atoms with Gasteiger partial charge in [0.25, 0.3) is 0 Å². The number of likely N-dealkylation sites (N-methyl/N-ethyl adjacent to an activating group) is 1. The molecule has 136 valence electrons. The molecule has 0 atom stereocenters. The van der Waals surface area contributed by atoms with Crippen LogP contribution in [0.1, 0.15) is 29.3 Å². The van der Waals surface area contributed by atoms with Gasteiger partial charge >= 0.3 is 0 Å². The van der Waals surface area contributed by atoms with Gasteiger partial charge in [-0.3, -0.25) is 14.4 Å². The van der Waals surface area contributed by atoms with Crippen molar-refractivity contribution in [2.45, 2.75) is 13.3 Å². The Hall–Kier alpha value is -2.37. The molecule has 2 aromatic rings. The van der Waals surface area contributed by atoms with Gasteiger partial charge in [0.1, 0.15) is 0 Å². The van der Waals surface area contributed by atoms with Crippen molar-refractivity contribution in [3.63, 3.8) is 0 Å². The van der Waals surface area contributed by atoms with Crippen molar-refractivity contribution < 1.29 is 14.4 Å². The number of hydrogen-bond donors (Lipinski definition) is 1. The molecule has 26 heavy (non-hydrogen) atoms. The van der Waals surface area contributed by atoms with Gasteiger partial charge in [0, 0.05) is 29.6 Å². The van der Waals surface area contributed by atoms with Gasteiger partial charge in [0.15, 0.2) is 5.78 Å². The number of benzene rings is 2. The van der Waals surface area contributed by atoms with Crippen LogP contribution in [0.25, 0.3) is 0 Å². The minimum atomic E-state index is -0.359. The fourth-order valence-electron chi connectivity index (χ4n) is 2.33. The van der Waals surface area contributed by atoms with Gasteiger partial charge in [-0.15, -0.1) is 0 Å². The molecule has 5 nitrogen and oxygen atoms in total. The number of rotatable bonds is 6. The maximum absolute atomic E-state index is 12.9. The fourth-order valence-corrected chi connectivity index (χ4v) is 2.72. The van der Waals surface area contributed by atoms with Gasteiger partial charge in [-0.05, 0) is 30.3 Å². The number of ketones is 1. The van der Waals surface area contributed by atoms with E-state index in [2.05, 4.69) is 5.32 Å². The number of carbonyl (C=O) groups excluding carboxylic acids is 3. The highest BCUT2D eigenvalue weighted by Crippen LogP contribution is 2.28. The van der Waals surface area contributed by atoms with E-state index in [4.69, 9.17) is 23.2 Å². The third-order valence-corrected chi connectivity index (χ3v) is 4.38. The fraction of sp³-hybridized carbons (Fsp3) is 0.211. The van der Waals surface area contributed by atoms with Crippen molar-refractivity contribution in [3.8, 4) is 0 Å². The van der Waals surface area contributed by atoms with E-state index in [1.54, 1.807) is 43.3 Å². The summed E-state index contributed by atoms with van der Waals surface area (Å²) in [5.41, 5.74) is 0.955. The molecule has 0 fully saturated rings. The number of nitrogens with one attached hydrogen (secondary N) is 1. The zero-order valence-corrected chi connectivity index (χ0v) is 15.9. The molecule has 2 rings (SSSR count). The van der Waals surface area contributed by atoms with Crippen LogP contribution >= 0.6 is 23.2 Å². The lowest BCUT2D eigenvalue weighted by Crippen LogP contribution is -2.38. The molecule has 0 aliphatic heterocycles. The Morgan fingerprint density at radius 1 is 1.04 bits per heavy atom. The van der Waals surface area contributed by atoms with E-state index in [9.17, 15) is 14.4 Å². The van der Waals surface area contributed by atoms with Crippen LogP contribution in [0.4, 0.5) is 5.69 Å². The molecule has 7 heteroatoms. The molecule has 0 spiro atoms. The Bertz CT molecular complexity index is 852. The summed E-state index contributed by atoms with van der Waals surface area (Å²) in [4.78, 5) is 38.0. The first-order chi connectivity index (χ1) is 12.3. The number of hydrogen-bond acceptors (Lipinski definition) is 3. The normalized spacial score (nSPS) is 10.3. The highest BCUT2D eigenvalue weighted by molar-refractivity contribution is 6.36. The Morgan fingerprint density at radius 3 is 2.38 bits per heavy atom. The molecular formula is C19H18Cl2N2O3. The second-order valence-corrected chi connectivity index (χ2v) is 6.40. The van der Waals surface area contributed by atoms with E-state index < -0.39 is 0 Å². The second kappa shape index (κ2) is 8.83. The number of anilines is 1.